The molecular formula is C12H15NO4. The molecular weight excluding hydrogens is 222 g/mol. The minimum Gasteiger partial charge on any atom is -0.494 e. The summed E-state index contributed by atoms with van der Waals surface area (Å²) in [6.45, 7) is 3.86. The minimum absolute atomic E-state index is 0.0291. The smallest absolute Gasteiger partial charge is 0.339 e. The third kappa shape index (κ3) is 1.77. The van der Waals surface area contributed by atoms with Gasteiger partial charge in [0, 0.05) is 12.0 Å². The quantitative estimate of drug-likeness (QED) is 0.765. The van der Waals surface area contributed by atoms with Crippen LogP contribution >= 0.6 is 0 Å². The molecule has 5 nitrogen and oxygen atoms in total. The Bertz CT molecular complexity index is 494. The summed E-state index contributed by atoms with van der Waals surface area (Å²) in [4.78, 5) is 11.1. The maximum Gasteiger partial charge on any atom is 0.339 e. The number of benzene rings is 1. The van der Waals surface area contributed by atoms with E-state index in [0.717, 1.165) is 5.56 Å². The SMILES string of the molecule is COc1c(C(=O)O)cc2c(c1N)CC(C)(C)O2. The van der Waals surface area contributed by atoms with E-state index in [2.05, 4.69) is 0 Å². The number of fused-ring (bicyclic) bond motifs is 1. The van der Waals surface area contributed by atoms with Gasteiger partial charge in [0.25, 0.3) is 0 Å². The number of carboxylic acids is 1. The van der Waals surface area contributed by atoms with Crippen molar-refractivity contribution in [2.45, 2.75) is 25.9 Å². The van der Waals surface area contributed by atoms with Gasteiger partial charge in [-0.25, -0.2) is 4.79 Å². The van der Waals surface area contributed by atoms with Crippen molar-refractivity contribution in [1.29, 1.82) is 0 Å². The first-order chi connectivity index (χ1) is 7.85. The second kappa shape index (κ2) is 3.55. The number of hydrogen-bond acceptors (Lipinski definition) is 4. The zero-order chi connectivity index (χ0) is 12.8. The van der Waals surface area contributed by atoms with Crippen LogP contribution in [0.2, 0.25) is 0 Å². The molecule has 92 valence electrons. The van der Waals surface area contributed by atoms with Gasteiger partial charge < -0.3 is 20.3 Å². The van der Waals surface area contributed by atoms with E-state index in [1.165, 1.54) is 13.2 Å². The predicted molar refractivity (Wildman–Crippen MR) is 62.8 cm³/mol. The molecule has 1 aliphatic heterocycles. The van der Waals surface area contributed by atoms with Crippen LogP contribution in [0.15, 0.2) is 6.07 Å². The van der Waals surface area contributed by atoms with Gasteiger partial charge in [0.05, 0.1) is 12.8 Å². The number of nitrogens with two attached hydrogens (primary N) is 1. The highest BCUT2D eigenvalue weighted by molar-refractivity contribution is 5.95. The van der Waals surface area contributed by atoms with Crippen LogP contribution in [0, 0.1) is 0 Å². The Labute approximate surface area is 99.1 Å². The number of rotatable bonds is 2. The number of hydrogen-bond donors (Lipinski definition) is 2. The van der Waals surface area contributed by atoms with Gasteiger partial charge in [0.2, 0.25) is 0 Å². The summed E-state index contributed by atoms with van der Waals surface area (Å²) in [6.07, 6.45) is 0.643. The van der Waals surface area contributed by atoms with Crippen LogP contribution in [0.1, 0.15) is 29.8 Å². The van der Waals surface area contributed by atoms with Crippen LogP contribution in [0.4, 0.5) is 5.69 Å². The van der Waals surface area contributed by atoms with E-state index in [4.69, 9.17) is 20.3 Å². The molecule has 0 aromatic heterocycles. The number of ether oxygens (including phenoxy) is 2. The van der Waals surface area contributed by atoms with Gasteiger partial charge >= 0.3 is 5.97 Å². The number of carbonyl (C=O) groups is 1. The van der Waals surface area contributed by atoms with Crippen molar-refractivity contribution >= 4 is 11.7 Å². The highest BCUT2D eigenvalue weighted by Crippen LogP contribution is 2.44. The Morgan fingerprint density at radius 3 is 2.76 bits per heavy atom. The van der Waals surface area contributed by atoms with Crippen molar-refractivity contribution < 1.29 is 19.4 Å². The standard InChI is InChI=1S/C12H15NO4/c1-12(2)5-7-8(17-12)4-6(11(14)15)10(16-3)9(7)13/h4H,5,13H2,1-3H3,(H,14,15). The van der Waals surface area contributed by atoms with Crippen LogP contribution < -0.4 is 15.2 Å². The number of methoxy groups -OCH3 is 1. The van der Waals surface area contributed by atoms with Crippen LogP contribution in [0.25, 0.3) is 0 Å². The molecule has 0 radical (unpaired) electrons. The third-order valence-corrected chi connectivity index (χ3v) is 2.81. The summed E-state index contributed by atoms with van der Waals surface area (Å²) in [7, 11) is 1.41. The molecule has 17 heavy (non-hydrogen) atoms. The van der Waals surface area contributed by atoms with Crippen LogP contribution in [-0.2, 0) is 6.42 Å². The Kier molecular flexibility index (Phi) is 2.41. The summed E-state index contributed by atoms with van der Waals surface area (Å²) >= 11 is 0. The monoisotopic (exact) mass is 237 g/mol. The number of carboxylic acid groups (broad SMARTS) is 1. The topological polar surface area (TPSA) is 81.8 Å². The fourth-order valence-electron chi connectivity index (χ4n) is 2.11. The first kappa shape index (κ1) is 11.6. The molecule has 0 saturated heterocycles. The maximum atomic E-state index is 11.1. The summed E-state index contributed by atoms with van der Waals surface area (Å²) < 4.78 is 10.7. The molecule has 1 aromatic carbocycles. The zero-order valence-corrected chi connectivity index (χ0v) is 10.0. The molecule has 0 fully saturated rings. The van der Waals surface area contributed by atoms with Crippen molar-refractivity contribution in [1.82, 2.24) is 0 Å². The molecule has 0 atom stereocenters. The largest absolute Gasteiger partial charge is 0.494 e. The predicted octanol–water partition coefficient (Wildman–Crippen LogP) is 1.69. The molecule has 5 heteroatoms. The van der Waals surface area contributed by atoms with E-state index < -0.39 is 5.97 Å². The third-order valence-electron chi connectivity index (χ3n) is 2.81. The van der Waals surface area contributed by atoms with Crippen molar-refractivity contribution in [3.8, 4) is 11.5 Å². The van der Waals surface area contributed by atoms with Crippen molar-refractivity contribution in [3.63, 3.8) is 0 Å². The highest BCUT2D eigenvalue weighted by Gasteiger charge is 2.34. The van der Waals surface area contributed by atoms with Crippen LogP contribution in [0.5, 0.6) is 11.5 Å². The van der Waals surface area contributed by atoms with E-state index in [1.54, 1.807) is 0 Å². The number of nitrogen functional groups attached to an aromatic ring is 1. The summed E-state index contributed by atoms with van der Waals surface area (Å²) in [5.41, 5.74) is 6.77. The highest BCUT2D eigenvalue weighted by atomic mass is 16.5. The second-order valence-corrected chi connectivity index (χ2v) is 4.69. The molecule has 0 aliphatic carbocycles. The Hall–Kier alpha value is -1.91. The summed E-state index contributed by atoms with van der Waals surface area (Å²) in [6, 6.07) is 1.47. The first-order valence-electron chi connectivity index (χ1n) is 5.27. The number of aromatic carboxylic acids is 1. The lowest BCUT2D eigenvalue weighted by molar-refractivity contribution is 0.0692. The molecule has 3 N–H and O–H groups in total. The zero-order valence-electron chi connectivity index (χ0n) is 10.0. The van der Waals surface area contributed by atoms with E-state index in [9.17, 15) is 4.79 Å². The Morgan fingerprint density at radius 1 is 1.59 bits per heavy atom. The van der Waals surface area contributed by atoms with Crippen LogP contribution in [0.3, 0.4) is 0 Å². The van der Waals surface area contributed by atoms with E-state index in [1.807, 2.05) is 13.8 Å². The van der Waals surface area contributed by atoms with Gasteiger partial charge in [0.1, 0.15) is 16.9 Å². The molecule has 1 aliphatic rings. The molecule has 0 bridgehead atoms. The molecule has 1 heterocycles. The van der Waals surface area contributed by atoms with Gasteiger partial charge in [-0.1, -0.05) is 0 Å². The maximum absolute atomic E-state index is 11.1. The molecule has 0 saturated carbocycles. The minimum atomic E-state index is -1.08. The summed E-state index contributed by atoms with van der Waals surface area (Å²) in [5.74, 6) is -0.340. The lowest BCUT2D eigenvalue weighted by atomic mass is 9.98. The average Bonchev–Trinajstić information content (AvgIpc) is 2.53. The van der Waals surface area contributed by atoms with E-state index in [0.29, 0.717) is 17.9 Å². The summed E-state index contributed by atoms with van der Waals surface area (Å²) in [5, 5.41) is 9.09. The van der Waals surface area contributed by atoms with Gasteiger partial charge in [-0.05, 0) is 19.9 Å². The molecule has 0 spiro atoms. The molecule has 2 rings (SSSR count). The normalized spacial score (nSPS) is 16.2. The average molecular weight is 237 g/mol. The fourth-order valence-corrected chi connectivity index (χ4v) is 2.11. The van der Waals surface area contributed by atoms with Crippen LogP contribution in [-0.4, -0.2) is 23.8 Å². The lowest BCUT2D eigenvalue weighted by Gasteiger charge is -2.16. The first-order valence-corrected chi connectivity index (χ1v) is 5.27. The van der Waals surface area contributed by atoms with Crippen molar-refractivity contribution in [3.05, 3.63) is 17.2 Å². The Balaban J connectivity index is 2.63. The fraction of sp³-hybridized carbons (Fsp3) is 0.417. The molecule has 1 aromatic rings. The number of anilines is 1. The lowest BCUT2D eigenvalue weighted by Crippen LogP contribution is -2.24. The Morgan fingerprint density at radius 2 is 2.24 bits per heavy atom. The van der Waals surface area contributed by atoms with Gasteiger partial charge in [0.15, 0.2) is 5.75 Å². The van der Waals surface area contributed by atoms with Gasteiger partial charge in [-0.3, -0.25) is 0 Å². The van der Waals surface area contributed by atoms with E-state index in [-0.39, 0.29) is 16.9 Å². The van der Waals surface area contributed by atoms with Crippen molar-refractivity contribution in [2.24, 2.45) is 0 Å². The van der Waals surface area contributed by atoms with E-state index >= 15 is 0 Å². The van der Waals surface area contributed by atoms with Crippen molar-refractivity contribution in [2.75, 3.05) is 12.8 Å². The van der Waals surface area contributed by atoms with Gasteiger partial charge in [-0.2, -0.15) is 0 Å². The second-order valence-electron chi connectivity index (χ2n) is 4.69. The van der Waals surface area contributed by atoms with Gasteiger partial charge in [-0.15, -0.1) is 0 Å². The molecule has 0 amide bonds. The molecule has 0 unspecified atom stereocenters.